The molecule has 2 fully saturated rings. The lowest BCUT2D eigenvalue weighted by atomic mass is 9.81. The van der Waals surface area contributed by atoms with Gasteiger partial charge in [-0.3, -0.25) is 0 Å². The molecule has 1 spiro atoms. The smallest absolute Gasteiger partial charge is 0.374 e. The zero-order valence-corrected chi connectivity index (χ0v) is 9.74. The van der Waals surface area contributed by atoms with Crippen molar-refractivity contribution >= 4 is 11.8 Å². The van der Waals surface area contributed by atoms with E-state index in [-0.39, 0.29) is 5.60 Å². The Morgan fingerprint density at radius 1 is 1.44 bits per heavy atom. The molecule has 3 unspecified atom stereocenters. The van der Waals surface area contributed by atoms with E-state index < -0.39 is 18.1 Å². The van der Waals surface area contributed by atoms with Gasteiger partial charge in [0.15, 0.2) is 0 Å². The second-order valence-electron chi connectivity index (χ2n) is 4.65. The first-order valence-corrected chi connectivity index (χ1v) is 6.62. The molecule has 6 heteroatoms. The first-order valence-electron chi connectivity index (χ1n) is 5.47. The van der Waals surface area contributed by atoms with Gasteiger partial charge < -0.3 is 10.5 Å². The fourth-order valence-corrected chi connectivity index (χ4v) is 3.88. The highest BCUT2D eigenvalue weighted by Crippen LogP contribution is 2.42. The van der Waals surface area contributed by atoms with Crippen molar-refractivity contribution in [2.24, 2.45) is 11.7 Å². The van der Waals surface area contributed by atoms with Gasteiger partial charge in [-0.1, -0.05) is 0 Å². The molecule has 2 saturated heterocycles. The van der Waals surface area contributed by atoms with Crippen LogP contribution in [0.25, 0.3) is 0 Å². The fourth-order valence-electron chi connectivity index (χ4n) is 2.50. The van der Waals surface area contributed by atoms with E-state index >= 15 is 0 Å². The molecule has 2 aliphatic rings. The van der Waals surface area contributed by atoms with Crippen molar-refractivity contribution in [2.75, 3.05) is 18.1 Å². The van der Waals surface area contributed by atoms with Crippen LogP contribution in [0.1, 0.15) is 19.3 Å². The number of ether oxygens (including phenoxy) is 1. The number of rotatable bonds is 1. The molecular weight excluding hydrogens is 239 g/mol. The lowest BCUT2D eigenvalue weighted by molar-refractivity contribution is -0.176. The quantitative estimate of drug-likeness (QED) is 0.780. The zero-order chi connectivity index (χ0) is 11.8. The van der Waals surface area contributed by atoms with Gasteiger partial charge in [-0.05, 0) is 30.9 Å². The minimum Gasteiger partial charge on any atom is -0.374 e. The second-order valence-corrected chi connectivity index (χ2v) is 5.76. The predicted molar refractivity (Wildman–Crippen MR) is 57.4 cm³/mol. The van der Waals surface area contributed by atoms with Gasteiger partial charge in [-0.15, -0.1) is 0 Å². The molecule has 0 aromatic heterocycles. The number of halogens is 3. The van der Waals surface area contributed by atoms with E-state index in [1.807, 2.05) is 0 Å². The van der Waals surface area contributed by atoms with Crippen LogP contribution < -0.4 is 5.73 Å². The van der Waals surface area contributed by atoms with Crippen LogP contribution in [0.2, 0.25) is 0 Å². The van der Waals surface area contributed by atoms with Gasteiger partial charge in [0, 0.05) is 12.4 Å². The summed E-state index contributed by atoms with van der Waals surface area (Å²) in [6, 6.07) is -1.70. The summed E-state index contributed by atoms with van der Waals surface area (Å²) >= 11 is 1.75. The number of hydrogen-bond acceptors (Lipinski definition) is 3. The summed E-state index contributed by atoms with van der Waals surface area (Å²) in [6.07, 6.45) is -2.54. The SMILES string of the molecule is NC(C1CCOC2(CCSC2)C1)C(F)(F)F. The number of thioether (sulfide) groups is 1. The van der Waals surface area contributed by atoms with E-state index in [4.69, 9.17) is 10.5 Å². The Morgan fingerprint density at radius 2 is 2.19 bits per heavy atom. The Labute approximate surface area is 97.1 Å². The molecule has 0 aromatic carbocycles. The maximum atomic E-state index is 12.5. The van der Waals surface area contributed by atoms with Crippen molar-refractivity contribution in [1.82, 2.24) is 0 Å². The standard InChI is InChI=1S/C10H16F3NOS/c11-10(12,13)8(14)7-1-3-15-9(5-7)2-4-16-6-9/h7-8H,1-6,14H2. The predicted octanol–water partition coefficient (Wildman–Crippen LogP) is 2.18. The van der Waals surface area contributed by atoms with Gasteiger partial charge in [-0.25, -0.2) is 0 Å². The average Bonchev–Trinajstić information content (AvgIpc) is 2.64. The van der Waals surface area contributed by atoms with E-state index in [0.29, 0.717) is 19.4 Å². The van der Waals surface area contributed by atoms with Crippen LogP contribution in [0.15, 0.2) is 0 Å². The molecule has 2 aliphatic heterocycles. The van der Waals surface area contributed by atoms with Crippen LogP contribution in [-0.4, -0.2) is 35.9 Å². The molecule has 0 aromatic rings. The van der Waals surface area contributed by atoms with Crippen LogP contribution in [0.3, 0.4) is 0 Å². The second kappa shape index (κ2) is 4.38. The first-order chi connectivity index (χ1) is 7.43. The molecule has 2 rings (SSSR count). The molecular formula is C10H16F3NOS. The maximum absolute atomic E-state index is 12.5. The molecule has 0 amide bonds. The molecule has 3 atom stereocenters. The molecule has 2 heterocycles. The van der Waals surface area contributed by atoms with Crippen molar-refractivity contribution < 1.29 is 17.9 Å². The Balaban J connectivity index is 2.01. The topological polar surface area (TPSA) is 35.2 Å². The largest absolute Gasteiger partial charge is 0.403 e. The van der Waals surface area contributed by atoms with E-state index in [0.717, 1.165) is 17.9 Å². The third kappa shape index (κ3) is 2.49. The van der Waals surface area contributed by atoms with Gasteiger partial charge >= 0.3 is 6.18 Å². The van der Waals surface area contributed by atoms with E-state index in [1.165, 1.54) is 0 Å². The van der Waals surface area contributed by atoms with Gasteiger partial charge in [0.25, 0.3) is 0 Å². The van der Waals surface area contributed by atoms with Gasteiger partial charge in [0.05, 0.1) is 5.60 Å². The van der Waals surface area contributed by atoms with Crippen LogP contribution in [0.5, 0.6) is 0 Å². The highest BCUT2D eigenvalue weighted by atomic mass is 32.2. The highest BCUT2D eigenvalue weighted by molar-refractivity contribution is 7.99. The van der Waals surface area contributed by atoms with Crippen molar-refractivity contribution in [3.05, 3.63) is 0 Å². The summed E-state index contributed by atoms with van der Waals surface area (Å²) in [7, 11) is 0. The van der Waals surface area contributed by atoms with E-state index in [2.05, 4.69) is 0 Å². The van der Waals surface area contributed by atoms with Crippen molar-refractivity contribution in [1.29, 1.82) is 0 Å². The monoisotopic (exact) mass is 255 g/mol. The molecule has 0 radical (unpaired) electrons. The Morgan fingerprint density at radius 3 is 2.75 bits per heavy atom. The summed E-state index contributed by atoms with van der Waals surface area (Å²) in [5.41, 5.74) is 4.97. The third-order valence-corrected chi connectivity index (χ3v) is 4.71. The zero-order valence-electron chi connectivity index (χ0n) is 8.93. The lowest BCUT2D eigenvalue weighted by Gasteiger charge is -2.40. The van der Waals surface area contributed by atoms with E-state index in [9.17, 15) is 13.2 Å². The van der Waals surface area contributed by atoms with Gasteiger partial charge in [0.1, 0.15) is 6.04 Å². The van der Waals surface area contributed by atoms with Crippen LogP contribution >= 0.6 is 11.8 Å². The molecule has 94 valence electrons. The highest BCUT2D eigenvalue weighted by Gasteiger charge is 2.48. The Bertz CT molecular complexity index is 253. The number of nitrogens with two attached hydrogens (primary N) is 1. The Hall–Kier alpha value is 0.0600. The van der Waals surface area contributed by atoms with Gasteiger partial charge in [-0.2, -0.15) is 24.9 Å². The minimum atomic E-state index is -4.28. The molecule has 2 nitrogen and oxygen atoms in total. The minimum absolute atomic E-state index is 0.323. The molecule has 2 N–H and O–H groups in total. The van der Waals surface area contributed by atoms with Crippen LogP contribution in [0, 0.1) is 5.92 Å². The lowest BCUT2D eigenvalue weighted by Crippen LogP contribution is -2.50. The molecule has 0 aliphatic carbocycles. The normalized spacial score (nSPS) is 37.9. The van der Waals surface area contributed by atoms with Gasteiger partial charge in [0.2, 0.25) is 0 Å². The molecule has 0 bridgehead atoms. The number of alkyl halides is 3. The van der Waals surface area contributed by atoms with E-state index in [1.54, 1.807) is 11.8 Å². The molecule has 16 heavy (non-hydrogen) atoms. The van der Waals surface area contributed by atoms with Crippen LogP contribution in [-0.2, 0) is 4.74 Å². The summed E-state index contributed by atoms with van der Waals surface area (Å²) in [6.45, 7) is 0.412. The maximum Gasteiger partial charge on any atom is 0.403 e. The van der Waals surface area contributed by atoms with Crippen molar-refractivity contribution in [3.63, 3.8) is 0 Å². The fraction of sp³-hybridized carbons (Fsp3) is 1.00. The molecule has 0 saturated carbocycles. The first kappa shape index (κ1) is 12.5. The van der Waals surface area contributed by atoms with Crippen molar-refractivity contribution in [3.8, 4) is 0 Å². The average molecular weight is 255 g/mol. The summed E-state index contributed by atoms with van der Waals surface area (Å²) in [5.74, 6) is 1.31. The summed E-state index contributed by atoms with van der Waals surface area (Å²) in [5, 5.41) is 0. The summed E-state index contributed by atoms with van der Waals surface area (Å²) in [4.78, 5) is 0. The Kier molecular flexibility index (Phi) is 3.43. The number of hydrogen-bond donors (Lipinski definition) is 1. The summed E-state index contributed by atoms with van der Waals surface area (Å²) < 4.78 is 43.3. The third-order valence-electron chi connectivity index (χ3n) is 3.48. The van der Waals surface area contributed by atoms with Crippen LogP contribution in [0.4, 0.5) is 13.2 Å². The van der Waals surface area contributed by atoms with Crippen molar-refractivity contribution in [2.45, 2.75) is 37.1 Å².